The number of hydrogen-bond donors (Lipinski definition) is 1. The SMILES string of the molecule is CCNC1CCC(C)CC1SCCOC. The molecule has 0 heterocycles. The van der Waals surface area contributed by atoms with Crippen LogP contribution in [-0.4, -0.2) is 37.3 Å². The Labute approximate surface area is 98.5 Å². The molecule has 1 aliphatic rings. The fourth-order valence-electron chi connectivity index (χ4n) is 2.29. The van der Waals surface area contributed by atoms with Crippen molar-refractivity contribution in [2.75, 3.05) is 26.0 Å². The third-order valence-corrected chi connectivity index (χ3v) is 4.49. The molecule has 0 aromatic carbocycles. The molecule has 2 nitrogen and oxygen atoms in total. The van der Waals surface area contributed by atoms with E-state index < -0.39 is 0 Å². The van der Waals surface area contributed by atoms with E-state index in [-0.39, 0.29) is 0 Å². The Morgan fingerprint density at radius 1 is 1.40 bits per heavy atom. The smallest absolute Gasteiger partial charge is 0.0553 e. The lowest BCUT2D eigenvalue weighted by molar-refractivity contribution is 0.218. The highest BCUT2D eigenvalue weighted by Gasteiger charge is 2.27. The van der Waals surface area contributed by atoms with Crippen LogP contribution >= 0.6 is 11.8 Å². The summed E-state index contributed by atoms with van der Waals surface area (Å²) in [6.45, 7) is 6.57. The van der Waals surface area contributed by atoms with Gasteiger partial charge in [0.05, 0.1) is 6.61 Å². The van der Waals surface area contributed by atoms with Crippen LogP contribution < -0.4 is 5.32 Å². The average molecular weight is 231 g/mol. The Hall–Kier alpha value is 0.270. The first-order chi connectivity index (χ1) is 7.27. The first-order valence-corrected chi connectivity index (χ1v) is 7.16. The third-order valence-electron chi connectivity index (χ3n) is 3.14. The van der Waals surface area contributed by atoms with Gasteiger partial charge in [-0.3, -0.25) is 0 Å². The third kappa shape index (κ3) is 4.75. The highest BCUT2D eigenvalue weighted by Crippen LogP contribution is 2.32. The number of hydrogen-bond acceptors (Lipinski definition) is 3. The van der Waals surface area contributed by atoms with Gasteiger partial charge >= 0.3 is 0 Å². The highest BCUT2D eigenvalue weighted by atomic mass is 32.2. The molecule has 0 aromatic rings. The van der Waals surface area contributed by atoms with Gasteiger partial charge in [0.1, 0.15) is 0 Å². The molecule has 0 bridgehead atoms. The molecule has 3 unspecified atom stereocenters. The number of methoxy groups -OCH3 is 1. The van der Waals surface area contributed by atoms with E-state index in [0.29, 0.717) is 0 Å². The van der Waals surface area contributed by atoms with Crippen molar-refractivity contribution in [3.05, 3.63) is 0 Å². The van der Waals surface area contributed by atoms with Gasteiger partial charge in [0.15, 0.2) is 0 Å². The summed E-state index contributed by atoms with van der Waals surface area (Å²) in [5.74, 6) is 2.04. The highest BCUT2D eigenvalue weighted by molar-refractivity contribution is 7.99. The van der Waals surface area contributed by atoms with Gasteiger partial charge in [-0.25, -0.2) is 0 Å². The van der Waals surface area contributed by atoms with E-state index in [1.54, 1.807) is 7.11 Å². The molecule has 0 amide bonds. The number of thioether (sulfide) groups is 1. The van der Waals surface area contributed by atoms with Crippen LogP contribution in [0, 0.1) is 5.92 Å². The summed E-state index contributed by atoms with van der Waals surface area (Å²) >= 11 is 2.09. The molecular formula is C12H25NOS. The maximum absolute atomic E-state index is 5.11. The second kappa shape index (κ2) is 7.53. The summed E-state index contributed by atoms with van der Waals surface area (Å²) in [6, 6.07) is 0.730. The fraction of sp³-hybridized carbons (Fsp3) is 1.00. The van der Waals surface area contributed by atoms with Crippen molar-refractivity contribution in [1.29, 1.82) is 0 Å². The summed E-state index contributed by atoms with van der Waals surface area (Å²) < 4.78 is 5.11. The Kier molecular flexibility index (Phi) is 6.69. The average Bonchev–Trinajstić information content (AvgIpc) is 2.22. The summed E-state index contributed by atoms with van der Waals surface area (Å²) in [5.41, 5.74) is 0. The van der Waals surface area contributed by atoms with Crippen molar-refractivity contribution in [3.8, 4) is 0 Å². The first-order valence-electron chi connectivity index (χ1n) is 6.11. The van der Waals surface area contributed by atoms with Gasteiger partial charge in [0.25, 0.3) is 0 Å². The quantitative estimate of drug-likeness (QED) is 0.710. The minimum atomic E-state index is 0.730. The van der Waals surface area contributed by atoms with Crippen LogP contribution in [0.2, 0.25) is 0 Å². The van der Waals surface area contributed by atoms with Gasteiger partial charge in [-0.1, -0.05) is 13.8 Å². The summed E-state index contributed by atoms with van der Waals surface area (Å²) in [7, 11) is 1.78. The Morgan fingerprint density at radius 2 is 2.20 bits per heavy atom. The zero-order valence-electron chi connectivity index (χ0n) is 10.3. The molecule has 0 aliphatic heterocycles. The monoisotopic (exact) mass is 231 g/mol. The summed E-state index contributed by atoms with van der Waals surface area (Å²) in [5, 5.41) is 4.42. The lowest BCUT2D eigenvalue weighted by Crippen LogP contribution is -2.42. The Morgan fingerprint density at radius 3 is 2.87 bits per heavy atom. The van der Waals surface area contributed by atoms with Crippen LogP contribution in [0.15, 0.2) is 0 Å². The van der Waals surface area contributed by atoms with E-state index in [0.717, 1.165) is 36.1 Å². The molecule has 1 saturated carbocycles. The van der Waals surface area contributed by atoms with Crippen LogP contribution in [0.5, 0.6) is 0 Å². The normalized spacial score (nSPS) is 31.8. The molecule has 0 spiro atoms. The van der Waals surface area contributed by atoms with E-state index in [1.165, 1.54) is 19.3 Å². The predicted molar refractivity (Wildman–Crippen MR) is 68.6 cm³/mol. The molecule has 1 aliphatic carbocycles. The maximum atomic E-state index is 5.11. The van der Waals surface area contributed by atoms with Crippen LogP contribution in [0.25, 0.3) is 0 Å². The first kappa shape index (κ1) is 13.3. The molecule has 1 N–H and O–H groups in total. The van der Waals surface area contributed by atoms with Gasteiger partial charge < -0.3 is 10.1 Å². The summed E-state index contributed by atoms with van der Waals surface area (Å²) in [6.07, 6.45) is 4.10. The van der Waals surface area contributed by atoms with Crippen LogP contribution in [0.1, 0.15) is 33.1 Å². The fourth-order valence-corrected chi connectivity index (χ4v) is 3.79. The Balaban J connectivity index is 2.32. The number of ether oxygens (including phenoxy) is 1. The van der Waals surface area contributed by atoms with E-state index >= 15 is 0 Å². The maximum Gasteiger partial charge on any atom is 0.0553 e. The zero-order chi connectivity index (χ0) is 11.1. The molecule has 3 atom stereocenters. The topological polar surface area (TPSA) is 21.3 Å². The van der Waals surface area contributed by atoms with Crippen molar-refractivity contribution in [2.24, 2.45) is 5.92 Å². The number of nitrogens with one attached hydrogen (secondary N) is 1. The van der Waals surface area contributed by atoms with Crippen LogP contribution in [0.4, 0.5) is 0 Å². The standard InChI is InChI=1S/C12H25NOS/c1-4-13-11-6-5-10(2)9-12(11)15-8-7-14-3/h10-13H,4-9H2,1-3H3. The van der Waals surface area contributed by atoms with Gasteiger partial charge in [-0.15, -0.1) is 0 Å². The van der Waals surface area contributed by atoms with Gasteiger partial charge in [-0.05, 0) is 31.7 Å². The molecular weight excluding hydrogens is 206 g/mol. The van der Waals surface area contributed by atoms with Crippen LogP contribution in [0.3, 0.4) is 0 Å². The van der Waals surface area contributed by atoms with Crippen molar-refractivity contribution < 1.29 is 4.74 Å². The van der Waals surface area contributed by atoms with E-state index in [1.807, 2.05) is 0 Å². The molecule has 3 heteroatoms. The zero-order valence-corrected chi connectivity index (χ0v) is 11.1. The van der Waals surface area contributed by atoms with E-state index in [4.69, 9.17) is 4.74 Å². The molecule has 1 rings (SSSR count). The van der Waals surface area contributed by atoms with Gasteiger partial charge in [0, 0.05) is 24.2 Å². The van der Waals surface area contributed by atoms with Crippen molar-refractivity contribution in [1.82, 2.24) is 5.32 Å². The van der Waals surface area contributed by atoms with Gasteiger partial charge in [0.2, 0.25) is 0 Å². The molecule has 1 fully saturated rings. The predicted octanol–water partition coefficient (Wildman–Crippen LogP) is 2.53. The molecule has 0 aromatic heterocycles. The largest absolute Gasteiger partial charge is 0.384 e. The molecule has 15 heavy (non-hydrogen) atoms. The minimum Gasteiger partial charge on any atom is -0.384 e. The van der Waals surface area contributed by atoms with E-state index in [9.17, 15) is 0 Å². The summed E-state index contributed by atoms with van der Waals surface area (Å²) in [4.78, 5) is 0. The second-order valence-electron chi connectivity index (χ2n) is 4.48. The van der Waals surface area contributed by atoms with Crippen LogP contribution in [-0.2, 0) is 4.74 Å². The molecule has 0 radical (unpaired) electrons. The second-order valence-corrected chi connectivity index (χ2v) is 5.83. The van der Waals surface area contributed by atoms with Crippen molar-refractivity contribution >= 4 is 11.8 Å². The molecule has 0 saturated heterocycles. The lowest BCUT2D eigenvalue weighted by atomic mass is 9.87. The van der Waals surface area contributed by atoms with Gasteiger partial charge in [-0.2, -0.15) is 11.8 Å². The lowest BCUT2D eigenvalue weighted by Gasteiger charge is -2.35. The Bertz CT molecular complexity index is 166. The van der Waals surface area contributed by atoms with Crippen molar-refractivity contribution in [3.63, 3.8) is 0 Å². The van der Waals surface area contributed by atoms with Crippen molar-refractivity contribution in [2.45, 2.75) is 44.4 Å². The number of rotatable bonds is 6. The van der Waals surface area contributed by atoms with E-state index in [2.05, 4.69) is 30.9 Å². The molecule has 90 valence electrons. The minimum absolute atomic E-state index is 0.730.